The van der Waals surface area contributed by atoms with Crippen LogP contribution in [0.5, 0.6) is 5.75 Å². The van der Waals surface area contributed by atoms with Gasteiger partial charge in [-0.05, 0) is 50.6 Å². The summed E-state index contributed by atoms with van der Waals surface area (Å²) in [5.41, 5.74) is 7.73. The smallest absolute Gasteiger partial charge is 0.260 e. The molecule has 2 N–H and O–H groups in total. The maximum Gasteiger partial charge on any atom is 0.260 e. The average Bonchev–Trinajstić information content (AvgIpc) is 2.54. The summed E-state index contributed by atoms with van der Waals surface area (Å²) in [6, 6.07) is 6.04. The van der Waals surface area contributed by atoms with Gasteiger partial charge in [-0.3, -0.25) is 9.69 Å². The lowest BCUT2D eigenvalue weighted by Gasteiger charge is -2.34. The molecule has 5 nitrogen and oxygen atoms in total. The average molecular weight is 305 g/mol. The minimum Gasteiger partial charge on any atom is -0.483 e. The topological polar surface area (TPSA) is 58.8 Å². The summed E-state index contributed by atoms with van der Waals surface area (Å²) in [5, 5.41) is 0. The van der Waals surface area contributed by atoms with Gasteiger partial charge in [0.05, 0.1) is 0 Å². The fourth-order valence-electron chi connectivity index (χ4n) is 2.63. The van der Waals surface area contributed by atoms with Crippen LogP contribution in [0, 0.1) is 13.8 Å². The van der Waals surface area contributed by atoms with Gasteiger partial charge in [0.25, 0.3) is 5.91 Å². The van der Waals surface area contributed by atoms with Gasteiger partial charge in [0.15, 0.2) is 6.61 Å². The van der Waals surface area contributed by atoms with Crippen LogP contribution in [0.25, 0.3) is 0 Å². The molecule has 1 aromatic carbocycles. The molecule has 0 radical (unpaired) electrons. The van der Waals surface area contributed by atoms with E-state index in [1.807, 2.05) is 36.9 Å². The molecule has 1 aliphatic rings. The standard InChI is InChI=1S/C17H27N3O2/c1-14-4-5-15(2)16(12-14)22-13-17(21)20-10-8-19(9-11-20)7-3-6-18/h4-5,12H,3,6-11,13,18H2,1-2H3. The number of benzene rings is 1. The second kappa shape index (κ2) is 8.15. The van der Waals surface area contributed by atoms with Gasteiger partial charge in [-0.25, -0.2) is 0 Å². The second-order valence-electron chi connectivity index (χ2n) is 5.92. The molecule has 1 amide bonds. The second-order valence-corrected chi connectivity index (χ2v) is 5.92. The normalized spacial score (nSPS) is 15.9. The number of ether oxygens (including phenoxy) is 1. The van der Waals surface area contributed by atoms with Gasteiger partial charge in [-0.1, -0.05) is 12.1 Å². The Bertz CT molecular complexity index is 497. The molecule has 0 aliphatic carbocycles. The van der Waals surface area contributed by atoms with Crippen molar-refractivity contribution in [1.29, 1.82) is 0 Å². The van der Waals surface area contributed by atoms with E-state index < -0.39 is 0 Å². The number of piperazine rings is 1. The van der Waals surface area contributed by atoms with Gasteiger partial charge in [0.2, 0.25) is 0 Å². The van der Waals surface area contributed by atoms with Crippen LogP contribution in [0.4, 0.5) is 0 Å². The Morgan fingerprint density at radius 1 is 1.23 bits per heavy atom. The van der Waals surface area contributed by atoms with E-state index in [-0.39, 0.29) is 12.5 Å². The van der Waals surface area contributed by atoms with Crippen LogP contribution in [-0.2, 0) is 4.79 Å². The molecule has 0 aromatic heterocycles. The first kappa shape index (κ1) is 16.8. The number of rotatable bonds is 6. The van der Waals surface area contributed by atoms with Crippen molar-refractivity contribution in [2.75, 3.05) is 45.9 Å². The van der Waals surface area contributed by atoms with E-state index in [0.717, 1.165) is 62.6 Å². The molecule has 0 saturated carbocycles. The monoisotopic (exact) mass is 305 g/mol. The number of carbonyl (C=O) groups excluding carboxylic acids is 1. The third-order valence-corrected chi connectivity index (χ3v) is 4.10. The molecule has 1 aliphatic heterocycles. The maximum absolute atomic E-state index is 12.3. The molecular formula is C17H27N3O2. The van der Waals surface area contributed by atoms with Crippen LogP contribution >= 0.6 is 0 Å². The van der Waals surface area contributed by atoms with Crippen LogP contribution in [0.1, 0.15) is 17.5 Å². The van der Waals surface area contributed by atoms with Gasteiger partial charge >= 0.3 is 0 Å². The Hall–Kier alpha value is -1.59. The van der Waals surface area contributed by atoms with Crippen molar-refractivity contribution in [2.45, 2.75) is 20.3 Å². The Labute approximate surface area is 133 Å². The fraction of sp³-hybridized carbons (Fsp3) is 0.588. The van der Waals surface area contributed by atoms with Gasteiger partial charge in [0.1, 0.15) is 5.75 Å². The van der Waals surface area contributed by atoms with Crippen molar-refractivity contribution >= 4 is 5.91 Å². The molecule has 1 aromatic rings. The van der Waals surface area contributed by atoms with Crippen molar-refractivity contribution in [3.8, 4) is 5.75 Å². The zero-order chi connectivity index (χ0) is 15.9. The Morgan fingerprint density at radius 3 is 2.64 bits per heavy atom. The molecule has 2 rings (SSSR count). The molecule has 0 unspecified atom stereocenters. The van der Waals surface area contributed by atoms with Gasteiger partial charge in [0, 0.05) is 26.2 Å². The minimum absolute atomic E-state index is 0.0689. The summed E-state index contributed by atoms with van der Waals surface area (Å²) in [6.07, 6.45) is 1.02. The first-order chi connectivity index (χ1) is 10.6. The number of hydrogen-bond donors (Lipinski definition) is 1. The number of aryl methyl sites for hydroxylation is 2. The van der Waals surface area contributed by atoms with Crippen LogP contribution < -0.4 is 10.5 Å². The molecule has 0 spiro atoms. The van der Waals surface area contributed by atoms with E-state index in [9.17, 15) is 4.79 Å². The van der Waals surface area contributed by atoms with Gasteiger partial charge in [-0.15, -0.1) is 0 Å². The molecule has 122 valence electrons. The molecule has 5 heteroatoms. The highest BCUT2D eigenvalue weighted by atomic mass is 16.5. The molecule has 0 bridgehead atoms. The third kappa shape index (κ3) is 4.71. The lowest BCUT2D eigenvalue weighted by Crippen LogP contribution is -2.50. The summed E-state index contributed by atoms with van der Waals surface area (Å²) in [4.78, 5) is 16.5. The van der Waals surface area contributed by atoms with Crippen LogP contribution in [-0.4, -0.2) is 61.6 Å². The summed E-state index contributed by atoms with van der Waals surface area (Å²) in [5.74, 6) is 0.870. The third-order valence-electron chi connectivity index (χ3n) is 4.10. The maximum atomic E-state index is 12.3. The van der Waals surface area contributed by atoms with Crippen molar-refractivity contribution in [2.24, 2.45) is 5.73 Å². The number of amides is 1. The number of carbonyl (C=O) groups is 1. The lowest BCUT2D eigenvalue weighted by atomic mass is 10.1. The number of nitrogens with zero attached hydrogens (tertiary/aromatic N) is 2. The number of nitrogens with two attached hydrogens (primary N) is 1. The van der Waals surface area contributed by atoms with Gasteiger partial charge in [-0.2, -0.15) is 0 Å². The molecule has 1 saturated heterocycles. The lowest BCUT2D eigenvalue weighted by molar-refractivity contribution is -0.135. The largest absolute Gasteiger partial charge is 0.483 e. The summed E-state index contributed by atoms with van der Waals surface area (Å²) in [7, 11) is 0. The zero-order valence-corrected chi connectivity index (χ0v) is 13.7. The predicted octanol–water partition coefficient (Wildman–Crippen LogP) is 1.18. The molecule has 0 atom stereocenters. The first-order valence-corrected chi connectivity index (χ1v) is 8.00. The Kier molecular flexibility index (Phi) is 6.21. The Morgan fingerprint density at radius 2 is 1.95 bits per heavy atom. The van der Waals surface area contributed by atoms with Crippen LogP contribution in [0.2, 0.25) is 0 Å². The molecule has 22 heavy (non-hydrogen) atoms. The van der Waals surface area contributed by atoms with E-state index in [1.54, 1.807) is 0 Å². The number of hydrogen-bond acceptors (Lipinski definition) is 4. The predicted molar refractivity (Wildman–Crippen MR) is 88.1 cm³/mol. The van der Waals surface area contributed by atoms with E-state index in [0.29, 0.717) is 0 Å². The quantitative estimate of drug-likeness (QED) is 0.857. The highest BCUT2D eigenvalue weighted by molar-refractivity contribution is 5.78. The van der Waals surface area contributed by atoms with Crippen molar-refractivity contribution in [1.82, 2.24) is 9.80 Å². The van der Waals surface area contributed by atoms with Crippen LogP contribution in [0.3, 0.4) is 0 Å². The van der Waals surface area contributed by atoms with E-state index in [4.69, 9.17) is 10.5 Å². The molecule has 1 fully saturated rings. The van der Waals surface area contributed by atoms with E-state index >= 15 is 0 Å². The highest BCUT2D eigenvalue weighted by Crippen LogP contribution is 2.19. The van der Waals surface area contributed by atoms with E-state index in [2.05, 4.69) is 4.90 Å². The summed E-state index contributed by atoms with van der Waals surface area (Å²) in [6.45, 7) is 9.29. The molecular weight excluding hydrogens is 278 g/mol. The van der Waals surface area contributed by atoms with Crippen molar-refractivity contribution < 1.29 is 9.53 Å². The van der Waals surface area contributed by atoms with Crippen molar-refractivity contribution in [3.05, 3.63) is 29.3 Å². The zero-order valence-electron chi connectivity index (χ0n) is 13.7. The van der Waals surface area contributed by atoms with Crippen molar-refractivity contribution in [3.63, 3.8) is 0 Å². The highest BCUT2D eigenvalue weighted by Gasteiger charge is 2.21. The van der Waals surface area contributed by atoms with E-state index in [1.165, 1.54) is 0 Å². The fourth-order valence-corrected chi connectivity index (χ4v) is 2.63. The minimum atomic E-state index is 0.0689. The Balaban J connectivity index is 1.77. The van der Waals surface area contributed by atoms with Crippen LogP contribution in [0.15, 0.2) is 18.2 Å². The SMILES string of the molecule is Cc1ccc(C)c(OCC(=O)N2CCN(CCCN)CC2)c1. The van der Waals surface area contributed by atoms with Gasteiger partial charge < -0.3 is 15.4 Å². The summed E-state index contributed by atoms with van der Waals surface area (Å²) >= 11 is 0. The first-order valence-electron chi connectivity index (χ1n) is 8.00. The molecule has 1 heterocycles. The summed E-state index contributed by atoms with van der Waals surface area (Å²) < 4.78 is 5.70.